The van der Waals surface area contributed by atoms with Gasteiger partial charge in [0, 0.05) is 27.3 Å². The molecule has 0 radical (unpaired) electrons. The van der Waals surface area contributed by atoms with Crippen LogP contribution in [-0.4, -0.2) is 15.3 Å². The third kappa shape index (κ3) is 3.86. The molecule has 0 unspecified atom stereocenters. The first-order valence-corrected chi connectivity index (χ1v) is 12.5. The third-order valence-corrected chi connectivity index (χ3v) is 7.13. The molecule has 0 N–H and O–H groups in total. The van der Waals surface area contributed by atoms with Crippen molar-refractivity contribution in [3.8, 4) is 45.6 Å². The molecule has 7 rings (SSSR count). The normalized spacial score (nSPS) is 11.1. The van der Waals surface area contributed by atoms with Crippen LogP contribution in [0.15, 0.2) is 95.6 Å². The molecule has 0 atom stereocenters. The molecule has 192 valence electrons. The van der Waals surface area contributed by atoms with Gasteiger partial charge in [-0.25, -0.2) is 18.4 Å². The zero-order valence-corrected chi connectivity index (χ0v) is 21.1. The lowest BCUT2D eigenvalue weighted by Gasteiger charge is -2.14. The van der Waals surface area contributed by atoms with Gasteiger partial charge in [0.25, 0.3) is 0 Å². The number of fused-ring (bicyclic) bond motifs is 5. The lowest BCUT2D eigenvalue weighted by atomic mass is 9.92. The Morgan fingerprint density at radius 1 is 0.634 bits per heavy atom. The molecular weight excluding hydrogens is 520 g/mol. The van der Waals surface area contributed by atoms with Crippen LogP contribution >= 0.6 is 0 Å². The number of rotatable bonds is 3. The van der Waals surface area contributed by atoms with Crippen molar-refractivity contribution in [2.45, 2.75) is 0 Å². The van der Waals surface area contributed by atoms with Gasteiger partial charge < -0.3 is 0 Å². The number of benzene rings is 5. The molecule has 41 heavy (non-hydrogen) atoms. The van der Waals surface area contributed by atoms with Gasteiger partial charge in [-0.3, -0.25) is 0 Å². The van der Waals surface area contributed by atoms with E-state index in [9.17, 15) is 0 Å². The van der Waals surface area contributed by atoms with Crippen LogP contribution in [0.5, 0.6) is 0 Å². The molecule has 0 amide bonds. The Morgan fingerprint density at radius 3 is 2.02 bits per heavy atom. The summed E-state index contributed by atoms with van der Waals surface area (Å²) in [7, 11) is 0. The van der Waals surface area contributed by atoms with E-state index in [2.05, 4.69) is 16.4 Å². The highest BCUT2D eigenvalue weighted by Crippen LogP contribution is 2.42. The van der Waals surface area contributed by atoms with E-state index >= 15 is 8.78 Å². The second-order valence-corrected chi connectivity index (χ2v) is 9.48. The quantitative estimate of drug-likeness (QED) is 0.213. The standard InChI is InChI=1S/C33H15F2N5O/c34-26-12-19(17-37)13-27(35)30(26)25-15-24-29(33-32(25)39-41-40-33)23-11-10-22(20-8-6-18(16-36)7-9-20)14-28(23)38-31(24)21-4-2-1-3-5-21/h1-15H. The summed E-state index contributed by atoms with van der Waals surface area (Å²) in [5.41, 5.74) is 4.64. The van der Waals surface area contributed by atoms with Crippen molar-refractivity contribution in [3.05, 3.63) is 114 Å². The fourth-order valence-electron chi connectivity index (χ4n) is 5.24. The maximum atomic E-state index is 15.2. The average molecular weight is 536 g/mol. The van der Waals surface area contributed by atoms with Crippen LogP contribution in [0.3, 0.4) is 0 Å². The number of nitriles is 2. The van der Waals surface area contributed by atoms with Crippen LogP contribution in [0, 0.1) is 34.3 Å². The highest BCUT2D eigenvalue weighted by atomic mass is 19.1. The summed E-state index contributed by atoms with van der Waals surface area (Å²) in [5, 5.41) is 28.6. The van der Waals surface area contributed by atoms with Gasteiger partial charge in [-0.15, -0.1) is 0 Å². The minimum absolute atomic E-state index is 0.130. The number of aromatic nitrogens is 3. The van der Waals surface area contributed by atoms with Crippen LogP contribution in [0.4, 0.5) is 8.78 Å². The largest absolute Gasteiger partial charge is 0.247 e. The summed E-state index contributed by atoms with van der Waals surface area (Å²) >= 11 is 0. The first-order chi connectivity index (χ1) is 20.1. The monoisotopic (exact) mass is 535 g/mol. The van der Waals surface area contributed by atoms with Crippen LogP contribution in [0.2, 0.25) is 0 Å². The van der Waals surface area contributed by atoms with E-state index in [-0.39, 0.29) is 22.2 Å². The second-order valence-electron chi connectivity index (χ2n) is 9.48. The van der Waals surface area contributed by atoms with Gasteiger partial charge in [-0.1, -0.05) is 54.6 Å². The number of nitrogens with zero attached hydrogens (tertiary/aromatic N) is 5. The molecule has 0 aliphatic carbocycles. The van der Waals surface area contributed by atoms with Crippen LogP contribution in [0.1, 0.15) is 11.1 Å². The molecule has 0 aliphatic rings. The van der Waals surface area contributed by atoms with Crippen molar-refractivity contribution in [2.24, 2.45) is 0 Å². The molecule has 6 nitrogen and oxygen atoms in total. The van der Waals surface area contributed by atoms with Gasteiger partial charge in [-0.05, 0) is 57.8 Å². The fraction of sp³-hybridized carbons (Fsp3) is 0. The predicted molar refractivity (Wildman–Crippen MR) is 150 cm³/mol. The van der Waals surface area contributed by atoms with E-state index in [0.29, 0.717) is 33.1 Å². The third-order valence-electron chi connectivity index (χ3n) is 7.13. The summed E-state index contributed by atoms with van der Waals surface area (Å²) in [6.07, 6.45) is 0. The fourth-order valence-corrected chi connectivity index (χ4v) is 5.24. The Kier molecular flexibility index (Phi) is 5.48. The van der Waals surface area contributed by atoms with Gasteiger partial charge in [-0.2, -0.15) is 10.5 Å². The predicted octanol–water partition coefficient (Wildman–Crippen LogP) is 7.95. The van der Waals surface area contributed by atoms with Crippen LogP contribution in [0.25, 0.3) is 66.2 Å². The van der Waals surface area contributed by atoms with Crippen molar-refractivity contribution >= 4 is 32.7 Å². The van der Waals surface area contributed by atoms with E-state index in [0.717, 1.165) is 34.2 Å². The number of halogens is 2. The molecule has 8 heteroatoms. The smallest absolute Gasteiger partial charge is 0.144 e. The molecule has 0 saturated heterocycles. The molecule has 2 aromatic heterocycles. The van der Waals surface area contributed by atoms with Crippen molar-refractivity contribution < 1.29 is 13.4 Å². The molecule has 0 bridgehead atoms. The molecule has 7 aromatic rings. The van der Waals surface area contributed by atoms with Crippen molar-refractivity contribution in [2.75, 3.05) is 0 Å². The Hall–Kier alpha value is -5.99. The highest BCUT2D eigenvalue weighted by Gasteiger charge is 2.24. The summed E-state index contributed by atoms with van der Waals surface area (Å²) in [6, 6.07) is 30.1. The van der Waals surface area contributed by atoms with Gasteiger partial charge in [0.15, 0.2) is 0 Å². The van der Waals surface area contributed by atoms with Crippen LogP contribution in [-0.2, 0) is 0 Å². The van der Waals surface area contributed by atoms with Crippen molar-refractivity contribution in [3.63, 3.8) is 0 Å². The lowest BCUT2D eigenvalue weighted by Crippen LogP contribution is -1.96. The van der Waals surface area contributed by atoms with Crippen LogP contribution < -0.4 is 0 Å². The highest BCUT2D eigenvalue weighted by molar-refractivity contribution is 6.23. The summed E-state index contributed by atoms with van der Waals surface area (Å²) < 4.78 is 35.6. The molecule has 5 aromatic carbocycles. The molecular formula is C33H15F2N5O. The first-order valence-electron chi connectivity index (χ1n) is 12.5. The number of pyridine rings is 1. The Balaban J connectivity index is 1.58. The zero-order valence-electron chi connectivity index (χ0n) is 21.1. The number of hydrogen-bond donors (Lipinski definition) is 0. The lowest BCUT2D eigenvalue weighted by molar-refractivity contribution is 0.316. The summed E-state index contributed by atoms with van der Waals surface area (Å²) in [6.45, 7) is 0. The number of hydrogen-bond acceptors (Lipinski definition) is 6. The minimum atomic E-state index is -0.896. The Morgan fingerprint density at radius 2 is 1.32 bits per heavy atom. The average Bonchev–Trinajstić information content (AvgIpc) is 3.51. The zero-order chi connectivity index (χ0) is 28.1. The Labute approximate surface area is 231 Å². The van der Waals surface area contributed by atoms with Gasteiger partial charge in [0.2, 0.25) is 0 Å². The molecule has 0 spiro atoms. The first kappa shape index (κ1) is 24.1. The van der Waals surface area contributed by atoms with E-state index < -0.39 is 11.6 Å². The topological polar surface area (TPSA) is 99.4 Å². The second kappa shape index (κ2) is 9.33. The summed E-state index contributed by atoms with van der Waals surface area (Å²) in [4.78, 5) is 5.03. The Bertz CT molecular complexity index is 2220. The van der Waals surface area contributed by atoms with Gasteiger partial charge in [0.1, 0.15) is 22.7 Å². The molecule has 2 heterocycles. The van der Waals surface area contributed by atoms with E-state index in [1.165, 1.54) is 0 Å². The minimum Gasteiger partial charge on any atom is -0.247 e. The van der Waals surface area contributed by atoms with E-state index in [1.54, 1.807) is 24.3 Å². The molecule has 0 fully saturated rings. The van der Waals surface area contributed by atoms with Gasteiger partial charge in [0.05, 0.1) is 40.0 Å². The molecule has 0 saturated carbocycles. The van der Waals surface area contributed by atoms with E-state index in [1.807, 2.05) is 60.7 Å². The maximum absolute atomic E-state index is 15.2. The van der Waals surface area contributed by atoms with Gasteiger partial charge >= 0.3 is 0 Å². The maximum Gasteiger partial charge on any atom is 0.144 e. The van der Waals surface area contributed by atoms with Crippen molar-refractivity contribution in [1.29, 1.82) is 10.5 Å². The van der Waals surface area contributed by atoms with E-state index in [4.69, 9.17) is 20.1 Å². The van der Waals surface area contributed by atoms with Crippen molar-refractivity contribution in [1.82, 2.24) is 15.3 Å². The summed E-state index contributed by atoms with van der Waals surface area (Å²) in [5.74, 6) is -1.79. The molecule has 0 aliphatic heterocycles. The SMILES string of the molecule is N#Cc1ccc(-c2ccc3c(c2)nc(-c2ccccc2)c2cc(-c4c(F)cc(C#N)cc4F)c4nonc4c23)cc1.